The molecule has 9 nitrogen and oxygen atoms in total. The van der Waals surface area contributed by atoms with Gasteiger partial charge < -0.3 is 14.2 Å². The fraction of sp³-hybridized carbons (Fsp3) is 0.562. The van der Waals surface area contributed by atoms with Gasteiger partial charge in [0.05, 0.1) is 18.8 Å². The van der Waals surface area contributed by atoms with Gasteiger partial charge in [-0.05, 0) is 26.2 Å². The first-order valence-corrected chi connectivity index (χ1v) is 11.0. The number of nitrogens with one attached hydrogen (secondary N) is 2. The summed E-state index contributed by atoms with van der Waals surface area (Å²) < 4.78 is 32.1. The van der Waals surface area contributed by atoms with E-state index in [2.05, 4.69) is 9.71 Å². The van der Waals surface area contributed by atoms with Gasteiger partial charge in [0.15, 0.2) is 5.84 Å². The van der Waals surface area contributed by atoms with Gasteiger partial charge in [-0.25, -0.2) is 8.42 Å². The van der Waals surface area contributed by atoms with Crippen molar-refractivity contribution in [2.45, 2.75) is 17.5 Å². The van der Waals surface area contributed by atoms with Crippen molar-refractivity contribution in [2.75, 3.05) is 40.5 Å². The standard InChI is InChI=1S/C16H25N5O4S2/c1-20(2)9-11-5-6-12(25-11)10-26-8-7-18-15-13(17)14(16(22)21(3)4)27(23,24)19-15/h5-6,14,17H,7-10H2,1-4H3,(H,18,19). The lowest BCUT2D eigenvalue weighted by molar-refractivity contribution is -0.127. The van der Waals surface area contributed by atoms with Crippen LogP contribution in [0.25, 0.3) is 0 Å². The summed E-state index contributed by atoms with van der Waals surface area (Å²) in [6.45, 7) is 1.08. The molecule has 0 saturated carbocycles. The number of thioether (sulfide) groups is 1. The maximum atomic E-state index is 12.1. The number of rotatable bonds is 8. The molecule has 2 N–H and O–H groups in total. The van der Waals surface area contributed by atoms with Gasteiger partial charge in [0, 0.05) is 19.8 Å². The molecule has 1 fully saturated rings. The van der Waals surface area contributed by atoms with Crippen LogP contribution in [0, 0.1) is 5.41 Å². The highest BCUT2D eigenvalue weighted by Gasteiger charge is 2.46. The molecule has 0 bridgehead atoms. The maximum Gasteiger partial charge on any atom is 0.251 e. The summed E-state index contributed by atoms with van der Waals surface area (Å²) in [4.78, 5) is 19.3. The van der Waals surface area contributed by atoms with E-state index in [0.717, 1.165) is 23.0 Å². The third-order valence-corrected chi connectivity index (χ3v) is 6.17. The summed E-state index contributed by atoms with van der Waals surface area (Å²) in [5, 5.41) is 6.44. The fourth-order valence-electron chi connectivity index (χ4n) is 2.43. The van der Waals surface area contributed by atoms with Crippen molar-refractivity contribution in [3.8, 4) is 0 Å². The van der Waals surface area contributed by atoms with Crippen molar-refractivity contribution in [1.82, 2.24) is 14.5 Å². The highest BCUT2D eigenvalue weighted by Crippen LogP contribution is 2.17. The number of furan rings is 1. The van der Waals surface area contributed by atoms with Gasteiger partial charge in [-0.1, -0.05) is 0 Å². The molecule has 1 aromatic heterocycles. The summed E-state index contributed by atoms with van der Waals surface area (Å²) in [6, 6.07) is 3.89. The molecule has 1 amide bonds. The van der Waals surface area contributed by atoms with Crippen LogP contribution in [0.3, 0.4) is 0 Å². The molecule has 27 heavy (non-hydrogen) atoms. The SMILES string of the molecule is CN(C)Cc1ccc(CSCCN=C2NS(=O)(=O)C(C(=O)N(C)C)C2=N)o1. The molecule has 2 rings (SSSR count). The zero-order valence-corrected chi connectivity index (χ0v) is 17.5. The van der Waals surface area contributed by atoms with Crippen molar-refractivity contribution in [3.05, 3.63) is 23.7 Å². The highest BCUT2D eigenvalue weighted by atomic mass is 32.2. The lowest BCUT2D eigenvalue weighted by Crippen LogP contribution is -2.41. The monoisotopic (exact) mass is 415 g/mol. The average Bonchev–Trinajstić information content (AvgIpc) is 3.07. The van der Waals surface area contributed by atoms with Gasteiger partial charge in [-0.3, -0.25) is 19.9 Å². The van der Waals surface area contributed by atoms with Crippen LogP contribution >= 0.6 is 11.8 Å². The zero-order valence-electron chi connectivity index (χ0n) is 15.9. The summed E-state index contributed by atoms with van der Waals surface area (Å²) in [5.41, 5.74) is -0.307. The lowest BCUT2D eigenvalue weighted by Gasteiger charge is -2.13. The molecule has 0 aromatic carbocycles. The Balaban J connectivity index is 1.85. The van der Waals surface area contributed by atoms with Gasteiger partial charge in [0.1, 0.15) is 17.2 Å². The largest absolute Gasteiger partial charge is 0.464 e. The van der Waals surface area contributed by atoms with Crippen LogP contribution in [-0.2, 0) is 27.1 Å². The third kappa shape index (κ3) is 5.56. The van der Waals surface area contributed by atoms with Crippen molar-refractivity contribution in [3.63, 3.8) is 0 Å². The minimum atomic E-state index is -3.94. The summed E-state index contributed by atoms with van der Waals surface area (Å²) in [5.74, 6) is 2.38. The Labute approximate surface area is 163 Å². The number of hydrogen-bond donors (Lipinski definition) is 2. The van der Waals surface area contributed by atoms with Gasteiger partial charge in [0.25, 0.3) is 10.0 Å². The topological polar surface area (TPSA) is 119 Å². The Morgan fingerprint density at radius 2 is 1.96 bits per heavy atom. The fourth-order valence-corrected chi connectivity index (χ4v) is 4.61. The molecule has 2 heterocycles. The van der Waals surface area contributed by atoms with Gasteiger partial charge in [-0.2, -0.15) is 11.8 Å². The normalized spacial score (nSPS) is 20.3. The first-order chi connectivity index (χ1) is 12.6. The minimum Gasteiger partial charge on any atom is -0.464 e. The number of amidine groups is 1. The highest BCUT2D eigenvalue weighted by molar-refractivity contribution is 7.98. The molecule has 1 aliphatic rings. The number of sulfonamides is 1. The second-order valence-electron chi connectivity index (χ2n) is 6.56. The molecule has 1 unspecified atom stereocenters. The molecular formula is C16H25N5O4S2. The van der Waals surface area contributed by atoms with E-state index in [1.165, 1.54) is 14.1 Å². The minimum absolute atomic E-state index is 0.0536. The number of carbonyl (C=O) groups excluding carboxylic acids is 1. The van der Waals surface area contributed by atoms with Crippen molar-refractivity contribution in [1.29, 1.82) is 5.41 Å². The maximum absolute atomic E-state index is 12.1. The molecule has 0 radical (unpaired) electrons. The second-order valence-corrected chi connectivity index (χ2v) is 9.43. The van der Waals surface area contributed by atoms with Crippen LogP contribution in [0.4, 0.5) is 0 Å². The van der Waals surface area contributed by atoms with E-state index in [1.54, 1.807) is 11.8 Å². The molecular weight excluding hydrogens is 390 g/mol. The molecule has 1 atom stereocenters. The Bertz CT molecular complexity index is 830. The first-order valence-electron chi connectivity index (χ1n) is 8.28. The lowest BCUT2D eigenvalue weighted by atomic mass is 10.2. The van der Waals surface area contributed by atoms with Crippen LogP contribution < -0.4 is 4.72 Å². The van der Waals surface area contributed by atoms with Gasteiger partial charge >= 0.3 is 0 Å². The molecule has 0 spiro atoms. The molecule has 0 aliphatic carbocycles. The van der Waals surface area contributed by atoms with Crippen LogP contribution in [-0.4, -0.2) is 81.4 Å². The van der Waals surface area contributed by atoms with Crippen LogP contribution in [0.15, 0.2) is 21.5 Å². The zero-order chi connectivity index (χ0) is 20.2. The number of nitrogens with zero attached hydrogens (tertiary/aromatic N) is 3. The summed E-state index contributed by atoms with van der Waals surface area (Å²) >= 11 is 1.60. The van der Waals surface area contributed by atoms with Crippen LogP contribution in [0.5, 0.6) is 0 Å². The summed E-state index contributed by atoms with van der Waals surface area (Å²) in [6.07, 6.45) is 0. The van der Waals surface area contributed by atoms with Gasteiger partial charge in [0.2, 0.25) is 11.2 Å². The van der Waals surface area contributed by atoms with E-state index >= 15 is 0 Å². The first kappa shape index (κ1) is 21.5. The number of hydrogen-bond acceptors (Lipinski definition) is 8. The molecule has 1 aliphatic heterocycles. The Morgan fingerprint density at radius 1 is 1.30 bits per heavy atom. The number of aliphatic imine (C=N–C) groups is 1. The van der Waals surface area contributed by atoms with Crippen LogP contribution in [0.1, 0.15) is 11.5 Å². The van der Waals surface area contributed by atoms with E-state index in [9.17, 15) is 13.2 Å². The quantitative estimate of drug-likeness (QED) is 0.593. The predicted octanol–water partition coefficient (Wildman–Crippen LogP) is 0.382. The number of carbonyl (C=O) groups is 1. The van der Waals surface area contributed by atoms with Gasteiger partial charge in [-0.15, -0.1) is 0 Å². The second kappa shape index (κ2) is 8.89. The Kier molecular flexibility index (Phi) is 7.06. The average molecular weight is 416 g/mol. The molecule has 1 saturated heterocycles. The van der Waals surface area contributed by atoms with Crippen molar-refractivity contribution < 1.29 is 17.6 Å². The van der Waals surface area contributed by atoms with E-state index in [1.807, 2.05) is 31.1 Å². The number of amides is 1. The van der Waals surface area contributed by atoms with Crippen molar-refractivity contribution in [2.24, 2.45) is 4.99 Å². The third-order valence-electron chi connectivity index (χ3n) is 3.67. The molecule has 150 valence electrons. The smallest absolute Gasteiger partial charge is 0.251 e. The Hall–Kier alpha value is -1.85. The van der Waals surface area contributed by atoms with E-state index in [4.69, 9.17) is 9.83 Å². The Morgan fingerprint density at radius 3 is 2.59 bits per heavy atom. The van der Waals surface area contributed by atoms with Crippen molar-refractivity contribution >= 4 is 39.2 Å². The van der Waals surface area contributed by atoms with E-state index in [-0.39, 0.29) is 11.5 Å². The molecule has 11 heteroatoms. The van der Waals surface area contributed by atoms with E-state index < -0.39 is 21.2 Å². The van der Waals surface area contributed by atoms with Crippen LogP contribution in [0.2, 0.25) is 0 Å². The predicted molar refractivity (Wildman–Crippen MR) is 107 cm³/mol. The van der Waals surface area contributed by atoms with E-state index in [0.29, 0.717) is 18.1 Å². The summed E-state index contributed by atoms with van der Waals surface area (Å²) in [7, 11) is 2.91. The molecule has 1 aromatic rings.